The summed E-state index contributed by atoms with van der Waals surface area (Å²) in [5.41, 5.74) is 5.12. The van der Waals surface area contributed by atoms with E-state index in [1.807, 2.05) is 73.7 Å². The van der Waals surface area contributed by atoms with E-state index in [4.69, 9.17) is 0 Å². The van der Waals surface area contributed by atoms with Gasteiger partial charge in [0.05, 0.1) is 11.3 Å². The molecule has 0 saturated carbocycles. The molecule has 1 amide bonds. The number of aromatic nitrogens is 4. The number of amides is 1. The van der Waals surface area contributed by atoms with E-state index in [9.17, 15) is 4.79 Å². The number of para-hydroxylation sites is 1. The smallest absolute Gasteiger partial charge is 0.257 e. The van der Waals surface area contributed by atoms with E-state index in [2.05, 4.69) is 31.3 Å². The van der Waals surface area contributed by atoms with Crippen LogP contribution in [-0.2, 0) is 6.42 Å². The average Bonchev–Trinajstić information content (AvgIpc) is 3.23. The molecule has 0 fully saturated rings. The Kier molecular flexibility index (Phi) is 5.29. The number of benzene rings is 3. The van der Waals surface area contributed by atoms with E-state index in [1.54, 1.807) is 6.07 Å². The Hall–Kier alpha value is -4.00. The monoisotopic (exact) mass is 384 g/mol. The van der Waals surface area contributed by atoms with Crippen LogP contribution in [0.3, 0.4) is 0 Å². The topological polar surface area (TPSA) is 95.6 Å². The van der Waals surface area contributed by atoms with Crippen molar-refractivity contribution >= 4 is 23.0 Å². The second kappa shape index (κ2) is 8.35. The van der Waals surface area contributed by atoms with Gasteiger partial charge in [-0.1, -0.05) is 47.2 Å². The van der Waals surface area contributed by atoms with Gasteiger partial charge in [-0.3, -0.25) is 4.79 Å². The van der Waals surface area contributed by atoms with E-state index in [-0.39, 0.29) is 5.91 Å². The first-order valence-corrected chi connectivity index (χ1v) is 9.23. The molecule has 1 aromatic heterocycles. The Labute approximate surface area is 168 Å². The van der Waals surface area contributed by atoms with Crippen molar-refractivity contribution < 1.29 is 4.79 Å². The van der Waals surface area contributed by atoms with Crippen LogP contribution in [0.25, 0.3) is 0 Å². The van der Waals surface area contributed by atoms with E-state index < -0.39 is 0 Å². The van der Waals surface area contributed by atoms with Gasteiger partial charge in [0.15, 0.2) is 5.82 Å². The molecule has 0 unspecified atom stereocenters. The molecular formula is C22H20N6O. The zero-order valence-corrected chi connectivity index (χ0v) is 15.9. The number of nitrogens with one attached hydrogen (secondary N) is 3. The predicted octanol–water partition coefficient (Wildman–Crippen LogP) is 4.09. The van der Waals surface area contributed by atoms with Crippen molar-refractivity contribution in [3.05, 3.63) is 95.3 Å². The lowest BCUT2D eigenvalue weighted by Crippen LogP contribution is -2.14. The van der Waals surface area contributed by atoms with Crippen LogP contribution in [0.2, 0.25) is 0 Å². The van der Waals surface area contributed by atoms with Crippen molar-refractivity contribution in [2.75, 3.05) is 10.6 Å². The molecule has 7 nitrogen and oxygen atoms in total. The minimum atomic E-state index is -0.183. The fourth-order valence-electron chi connectivity index (χ4n) is 2.98. The quantitative estimate of drug-likeness (QED) is 0.465. The van der Waals surface area contributed by atoms with Crippen molar-refractivity contribution in [3.63, 3.8) is 0 Å². The second-order valence-electron chi connectivity index (χ2n) is 6.70. The van der Waals surface area contributed by atoms with Crippen molar-refractivity contribution in [1.29, 1.82) is 0 Å². The van der Waals surface area contributed by atoms with Gasteiger partial charge in [0.2, 0.25) is 0 Å². The average molecular weight is 384 g/mol. The number of hydrogen-bond donors (Lipinski definition) is 3. The molecule has 144 valence electrons. The standard InChI is InChI=1S/C22H20N6O/c1-15-9-11-17(12-10-15)23-20-8-3-2-7-19(20)22(29)24-18-6-4-5-16(13-18)14-21-25-27-28-26-21/h2-13,23H,14H2,1H3,(H,24,29)(H,25,26,27,28). The number of H-pyrrole nitrogens is 1. The van der Waals surface area contributed by atoms with Crippen LogP contribution in [-0.4, -0.2) is 26.5 Å². The SMILES string of the molecule is Cc1ccc(Nc2ccccc2C(=O)Nc2cccc(Cc3nn[nH]n3)c2)cc1. The molecule has 3 aromatic carbocycles. The van der Waals surface area contributed by atoms with Crippen LogP contribution in [0.5, 0.6) is 0 Å². The number of aromatic amines is 1. The van der Waals surface area contributed by atoms with Gasteiger partial charge in [-0.15, -0.1) is 10.2 Å². The molecule has 7 heteroatoms. The number of nitrogens with zero attached hydrogens (tertiary/aromatic N) is 3. The maximum absolute atomic E-state index is 12.9. The third-order valence-electron chi connectivity index (χ3n) is 4.44. The number of carbonyl (C=O) groups is 1. The van der Waals surface area contributed by atoms with Crippen LogP contribution in [0, 0.1) is 6.92 Å². The van der Waals surface area contributed by atoms with Crippen LogP contribution in [0.4, 0.5) is 17.1 Å². The summed E-state index contributed by atoms with van der Waals surface area (Å²) >= 11 is 0. The Bertz CT molecular complexity index is 1110. The number of rotatable bonds is 6. The fourth-order valence-corrected chi connectivity index (χ4v) is 2.98. The van der Waals surface area contributed by atoms with Gasteiger partial charge in [0, 0.05) is 17.8 Å². The van der Waals surface area contributed by atoms with Gasteiger partial charge in [-0.2, -0.15) is 5.21 Å². The molecule has 0 atom stereocenters. The van der Waals surface area contributed by atoms with E-state index >= 15 is 0 Å². The maximum atomic E-state index is 12.9. The van der Waals surface area contributed by atoms with Crippen LogP contribution in [0.1, 0.15) is 27.3 Å². The molecule has 4 aromatic rings. The second-order valence-corrected chi connectivity index (χ2v) is 6.70. The van der Waals surface area contributed by atoms with E-state index in [1.165, 1.54) is 5.56 Å². The number of hydrogen-bond acceptors (Lipinski definition) is 5. The summed E-state index contributed by atoms with van der Waals surface area (Å²) < 4.78 is 0. The molecule has 0 aliphatic rings. The first-order chi connectivity index (χ1) is 14.2. The number of anilines is 3. The largest absolute Gasteiger partial charge is 0.355 e. The Morgan fingerprint density at radius 2 is 1.79 bits per heavy atom. The molecule has 0 spiro atoms. The minimum Gasteiger partial charge on any atom is -0.355 e. The van der Waals surface area contributed by atoms with Gasteiger partial charge < -0.3 is 10.6 Å². The van der Waals surface area contributed by atoms with Crippen LogP contribution >= 0.6 is 0 Å². The fraction of sp³-hybridized carbons (Fsp3) is 0.0909. The van der Waals surface area contributed by atoms with Crippen LogP contribution < -0.4 is 10.6 Å². The molecule has 4 rings (SSSR count). The van der Waals surface area contributed by atoms with Crippen molar-refractivity contribution in [1.82, 2.24) is 20.6 Å². The van der Waals surface area contributed by atoms with Crippen molar-refractivity contribution in [3.8, 4) is 0 Å². The highest BCUT2D eigenvalue weighted by Gasteiger charge is 2.12. The molecule has 0 aliphatic heterocycles. The van der Waals surface area contributed by atoms with Crippen LogP contribution in [0.15, 0.2) is 72.8 Å². The first kappa shape index (κ1) is 18.4. The number of tetrazole rings is 1. The highest BCUT2D eigenvalue weighted by atomic mass is 16.1. The minimum absolute atomic E-state index is 0.183. The first-order valence-electron chi connectivity index (χ1n) is 9.23. The van der Waals surface area contributed by atoms with Gasteiger partial charge in [0.25, 0.3) is 5.91 Å². The van der Waals surface area contributed by atoms with Gasteiger partial charge in [-0.05, 0) is 48.9 Å². The zero-order valence-electron chi connectivity index (χ0n) is 15.9. The zero-order chi connectivity index (χ0) is 20.1. The highest BCUT2D eigenvalue weighted by molar-refractivity contribution is 6.08. The Morgan fingerprint density at radius 3 is 2.59 bits per heavy atom. The lowest BCUT2D eigenvalue weighted by atomic mass is 10.1. The molecular weight excluding hydrogens is 364 g/mol. The summed E-state index contributed by atoms with van der Waals surface area (Å²) in [4.78, 5) is 12.9. The predicted molar refractivity (Wildman–Crippen MR) is 112 cm³/mol. The molecule has 0 radical (unpaired) electrons. The van der Waals surface area contributed by atoms with E-state index in [0.29, 0.717) is 23.5 Å². The van der Waals surface area contributed by atoms with Crippen molar-refractivity contribution in [2.24, 2.45) is 0 Å². The summed E-state index contributed by atoms with van der Waals surface area (Å²) in [6.07, 6.45) is 0.534. The third-order valence-corrected chi connectivity index (χ3v) is 4.44. The summed E-state index contributed by atoms with van der Waals surface area (Å²) in [5.74, 6) is 0.415. The summed E-state index contributed by atoms with van der Waals surface area (Å²) in [6.45, 7) is 2.04. The normalized spacial score (nSPS) is 10.5. The molecule has 0 aliphatic carbocycles. The molecule has 3 N–H and O–H groups in total. The summed E-state index contributed by atoms with van der Waals surface area (Å²) in [6, 6.07) is 23.1. The van der Waals surface area contributed by atoms with Gasteiger partial charge in [0.1, 0.15) is 0 Å². The third kappa shape index (κ3) is 4.65. The summed E-state index contributed by atoms with van der Waals surface area (Å²) in [5, 5.41) is 20.2. The maximum Gasteiger partial charge on any atom is 0.257 e. The Balaban J connectivity index is 1.51. The van der Waals surface area contributed by atoms with Gasteiger partial charge in [-0.25, -0.2) is 0 Å². The molecule has 0 bridgehead atoms. The van der Waals surface area contributed by atoms with Crippen molar-refractivity contribution in [2.45, 2.75) is 13.3 Å². The number of aryl methyl sites for hydroxylation is 1. The number of carbonyl (C=O) groups excluding carboxylic acids is 1. The molecule has 1 heterocycles. The lowest BCUT2D eigenvalue weighted by molar-refractivity contribution is 0.102. The summed E-state index contributed by atoms with van der Waals surface area (Å²) in [7, 11) is 0. The lowest BCUT2D eigenvalue weighted by Gasteiger charge is -2.13. The molecule has 29 heavy (non-hydrogen) atoms. The van der Waals surface area contributed by atoms with Gasteiger partial charge >= 0.3 is 0 Å². The Morgan fingerprint density at radius 1 is 0.966 bits per heavy atom. The highest BCUT2D eigenvalue weighted by Crippen LogP contribution is 2.23. The van der Waals surface area contributed by atoms with E-state index in [0.717, 1.165) is 16.9 Å². The molecule has 0 saturated heterocycles.